The van der Waals surface area contributed by atoms with Gasteiger partial charge in [0.05, 0.1) is 5.92 Å². The van der Waals surface area contributed by atoms with Gasteiger partial charge in [-0.25, -0.2) is 0 Å². The fourth-order valence-corrected chi connectivity index (χ4v) is 3.26. The second-order valence-corrected chi connectivity index (χ2v) is 6.51. The molecular formula is C18H37BrN2O. The lowest BCUT2D eigenvalue weighted by Gasteiger charge is -2.31. The van der Waals surface area contributed by atoms with Crippen LogP contribution < -0.4 is 5.32 Å². The number of piperidine rings is 1. The summed E-state index contributed by atoms with van der Waals surface area (Å²) < 4.78 is 0. The molecule has 1 atom stereocenters. The van der Waals surface area contributed by atoms with E-state index in [9.17, 15) is 4.79 Å². The van der Waals surface area contributed by atoms with E-state index in [0.717, 1.165) is 19.5 Å². The maximum Gasteiger partial charge on any atom is 0.224 e. The van der Waals surface area contributed by atoms with Crippen molar-refractivity contribution in [2.24, 2.45) is 5.92 Å². The zero-order valence-electron chi connectivity index (χ0n) is 14.7. The lowest BCUT2D eigenvalue weighted by Crippen LogP contribution is -2.43. The van der Waals surface area contributed by atoms with E-state index in [4.69, 9.17) is 0 Å². The van der Waals surface area contributed by atoms with Crippen LogP contribution in [0.5, 0.6) is 0 Å². The van der Waals surface area contributed by atoms with E-state index in [1.165, 1.54) is 70.9 Å². The molecule has 0 bridgehead atoms. The minimum absolute atomic E-state index is 0. The van der Waals surface area contributed by atoms with Crippen molar-refractivity contribution in [3.8, 4) is 0 Å². The van der Waals surface area contributed by atoms with Gasteiger partial charge in [-0.3, -0.25) is 4.79 Å². The molecular weight excluding hydrogens is 340 g/mol. The summed E-state index contributed by atoms with van der Waals surface area (Å²) in [5, 5.41) is 2.97. The van der Waals surface area contributed by atoms with Crippen molar-refractivity contribution in [2.45, 2.75) is 78.1 Å². The number of rotatable bonds is 11. The number of nitrogens with zero attached hydrogens (tertiary/aromatic N) is 1. The van der Waals surface area contributed by atoms with Crippen molar-refractivity contribution in [3.63, 3.8) is 0 Å². The first-order valence-electron chi connectivity index (χ1n) is 9.28. The molecule has 0 radical (unpaired) electrons. The van der Waals surface area contributed by atoms with Crippen LogP contribution in [-0.2, 0) is 4.79 Å². The highest BCUT2D eigenvalue weighted by molar-refractivity contribution is 8.93. The van der Waals surface area contributed by atoms with Crippen LogP contribution in [-0.4, -0.2) is 37.0 Å². The van der Waals surface area contributed by atoms with Gasteiger partial charge in [0.1, 0.15) is 0 Å². The molecule has 132 valence electrons. The molecule has 0 aliphatic carbocycles. The number of halogens is 1. The molecule has 1 heterocycles. The molecule has 1 fully saturated rings. The van der Waals surface area contributed by atoms with Gasteiger partial charge >= 0.3 is 0 Å². The average molecular weight is 377 g/mol. The van der Waals surface area contributed by atoms with E-state index in [0.29, 0.717) is 0 Å². The molecule has 0 aromatic carbocycles. The smallest absolute Gasteiger partial charge is 0.224 e. The summed E-state index contributed by atoms with van der Waals surface area (Å²) in [6.07, 6.45) is 13.3. The van der Waals surface area contributed by atoms with E-state index in [2.05, 4.69) is 17.1 Å². The highest BCUT2D eigenvalue weighted by Gasteiger charge is 2.24. The fraction of sp³-hybridized carbons (Fsp3) is 0.944. The molecule has 1 N–H and O–H groups in total. The molecule has 1 aliphatic heterocycles. The minimum atomic E-state index is 0. The summed E-state index contributed by atoms with van der Waals surface area (Å²) in [7, 11) is 0. The number of carbonyl (C=O) groups is 1. The Balaban J connectivity index is 0.00000441. The van der Waals surface area contributed by atoms with Crippen LogP contribution in [0.15, 0.2) is 0 Å². The molecule has 0 spiro atoms. The molecule has 0 saturated carbocycles. The monoisotopic (exact) mass is 376 g/mol. The van der Waals surface area contributed by atoms with Gasteiger partial charge < -0.3 is 10.2 Å². The normalized spacial score (nSPS) is 18.7. The van der Waals surface area contributed by atoms with Crippen molar-refractivity contribution < 1.29 is 4.79 Å². The lowest BCUT2D eigenvalue weighted by molar-refractivity contribution is -0.126. The number of hydrogen-bond acceptors (Lipinski definition) is 2. The first-order chi connectivity index (χ1) is 10.3. The van der Waals surface area contributed by atoms with E-state index >= 15 is 0 Å². The second-order valence-electron chi connectivity index (χ2n) is 6.51. The minimum Gasteiger partial charge on any atom is -0.356 e. The second kappa shape index (κ2) is 14.5. The third-order valence-corrected chi connectivity index (χ3v) is 4.56. The van der Waals surface area contributed by atoms with Crippen LogP contribution in [0.25, 0.3) is 0 Å². The Morgan fingerprint density at radius 1 is 1.05 bits per heavy atom. The zero-order chi connectivity index (χ0) is 15.3. The Morgan fingerprint density at radius 3 is 2.32 bits per heavy atom. The quantitative estimate of drug-likeness (QED) is 0.536. The molecule has 1 rings (SSSR count). The van der Waals surface area contributed by atoms with Gasteiger partial charge in [-0.15, -0.1) is 17.0 Å². The SMILES string of the molecule is Br.CCCCCCCCCCN1CCCC(C(=O)NCC)C1. The van der Waals surface area contributed by atoms with Gasteiger partial charge in [-0.05, 0) is 39.3 Å². The summed E-state index contributed by atoms with van der Waals surface area (Å²) >= 11 is 0. The van der Waals surface area contributed by atoms with Crippen LogP contribution in [0, 0.1) is 5.92 Å². The molecule has 3 nitrogen and oxygen atoms in total. The number of carbonyl (C=O) groups excluding carboxylic acids is 1. The van der Waals surface area contributed by atoms with Gasteiger partial charge in [-0.1, -0.05) is 51.9 Å². The van der Waals surface area contributed by atoms with Gasteiger partial charge in [0, 0.05) is 13.1 Å². The van der Waals surface area contributed by atoms with E-state index in [1.54, 1.807) is 0 Å². The maximum absolute atomic E-state index is 11.9. The molecule has 4 heteroatoms. The highest BCUT2D eigenvalue weighted by atomic mass is 79.9. The summed E-state index contributed by atoms with van der Waals surface area (Å²) in [5.74, 6) is 0.492. The molecule has 1 aliphatic rings. The third kappa shape index (κ3) is 9.83. The first kappa shape index (κ1) is 21.9. The number of likely N-dealkylation sites (tertiary alicyclic amines) is 1. The van der Waals surface area contributed by atoms with Gasteiger partial charge in [0.2, 0.25) is 5.91 Å². The van der Waals surface area contributed by atoms with E-state index < -0.39 is 0 Å². The van der Waals surface area contributed by atoms with Crippen molar-refractivity contribution in [1.29, 1.82) is 0 Å². The number of hydrogen-bond donors (Lipinski definition) is 1. The Morgan fingerprint density at radius 2 is 1.68 bits per heavy atom. The largest absolute Gasteiger partial charge is 0.356 e. The Kier molecular flexibility index (Phi) is 14.4. The van der Waals surface area contributed by atoms with E-state index in [-0.39, 0.29) is 28.8 Å². The Labute approximate surface area is 148 Å². The maximum atomic E-state index is 11.9. The Bertz CT molecular complexity index is 274. The standard InChI is InChI=1S/C18H36N2O.BrH/c1-3-5-6-7-8-9-10-11-14-20-15-12-13-17(16-20)18(21)19-4-2;/h17H,3-16H2,1-2H3,(H,19,21);1H. The van der Waals surface area contributed by atoms with Gasteiger partial charge in [-0.2, -0.15) is 0 Å². The van der Waals surface area contributed by atoms with Crippen molar-refractivity contribution >= 4 is 22.9 Å². The summed E-state index contributed by atoms with van der Waals surface area (Å²) in [5.41, 5.74) is 0. The molecule has 1 unspecified atom stereocenters. The molecule has 22 heavy (non-hydrogen) atoms. The third-order valence-electron chi connectivity index (χ3n) is 4.56. The predicted octanol–water partition coefficient (Wildman–Crippen LogP) is 4.55. The Hall–Kier alpha value is -0.0900. The number of amides is 1. The summed E-state index contributed by atoms with van der Waals surface area (Å²) in [6.45, 7) is 8.37. The number of nitrogens with one attached hydrogen (secondary N) is 1. The van der Waals surface area contributed by atoms with Crippen LogP contribution in [0.2, 0.25) is 0 Å². The summed E-state index contributed by atoms with van der Waals surface area (Å²) in [6, 6.07) is 0. The van der Waals surface area contributed by atoms with Crippen LogP contribution in [0.1, 0.15) is 78.1 Å². The fourth-order valence-electron chi connectivity index (χ4n) is 3.26. The highest BCUT2D eigenvalue weighted by Crippen LogP contribution is 2.17. The van der Waals surface area contributed by atoms with Crippen LogP contribution >= 0.6 is 17.0 Å². The van der Waals surface area contributed by atoms with Crippen molar-refractivity contribution in [3.05, 3.63) is 0 Å². The van der Waals surface area contributed by atoms with Crippen LogP contribution in [0.4, 0.5) is 0 Å². The van der Waals surface area contributed by atoms with Gasteiger partial charge in [0.25, 0.3) is 0 Å². The predicted molar refractivity (Wildman–Crippen MR) is 101 cm³/mol. The first-order valence-corrected chi connectivity index (χ1v) is 9.28. The van der Waals surface area contributed by atoms with Crippen molar-refractivity contribution in [2.75, 3.05) is 26.2 Å². The topological polar surface area (TPSA) is 32.3 Å². The van der Waals surface area contributed by atoms with Crippen molar-refractivity contribution in [1.82, 2.24) is 10.2 Å². The summed E-state index contributed by atoms with van der Waals surface area (Å²) in [4.78, 5) is 14.4. The molecule has 1 amide bonds. The van der Waals surface area contributed by atoms with Gasteiger partial charge in [0.15, 0.2) is 0 Å². The molecule has 0 aromatic rings. The number of unbranched alkanes of at least 4 members (excludes halogenated alkanes) is 7. The average Bonchev–Trinajstić information content (AvgIpc) is 2.50. The molecule has 0 aromatic heterocycles. The molecule has 1 saturated heterocycles. The van der Waals surface area contributed by atoms with E-state index in [1.807, 2.05) is 6.92 Å². The lowest BCUT2D eigenvalue weighted by atomic mass is 9.97. The zero-order valence-corrected chi connectivity index (χ0v) is 16.5. The van der Waals surface area contributed by atoms with Crippen LogP contribution in [0.3, 0.4) is 0 Å².